The van der Waals surface area contributed by atoms with Crippen LogP contribution < -0.4 is 5.32 Å². The average Bonchev–Trinajstić information content (AvgIpc) is 3.37. The molecule has 3 N–H and O–H groups in total. The molecule has 2 aromatic heterocycles. The van der Waals surface area contributed by atoms with Crippen molar-refractivity contribution in [1.29, 1.82) is 0 Å². The van der Waals surface area contributed by atoms with Crippen LogP contribution in [0.3, 0.4) is 0 Å². The number of hydrogen-bond donors (Lipinski definition) is 3. The molecule has 7 nitrogen and oxygen atoms in total. The number of carbonyl (C=O) groups is 2. The van der Waals surface area contributed by atoms with Crippen LogP contribution in [0.15, 0.2) is 35.7 Å². The second-order valence-corrected chi connectivity index (χ2v) is 10.0. The van der Waals surface area contributed by atoms with Gasteiger partial charge in [0.25, 0.3) is 5.91 Å². The summed E-state index contributed by atoms with van der Waals surface area (Å²) >= 11 is 1.58. The molecule has 32 heavy (non-hydrogen) atoms. The first kappa shape index (κ1) is 20.9. The number of aromatic nitrogens is 1. The van der Waals surface area contributed by atoms with Gasteiger partial charge in [0.15, 0.2) is 11.5 Å². The fraction of sp³-hybridized carbons (Fsp3) is 0.417. The van der Waals surface area contributed by atoms with Crippen molar-refractivity contribution in [2.75, 3.05) is 0 Å². The highest BCUT2D eigenvalue weighted by Gasteiger charge is 2.48. The van der Waals surface area contributed by atoms with E-state index in [0.717, 1.165) is 35.9 Å². The third-order valence-electron chi connectivity index (χ3n) is 6.86. The number of amides is 2. The van der Waals surface area contributed by atoms with Crippen LogP contribution in [0.5, 0.6) is 11.5 Å². The van der Waals surface area contributed by atoms with E-state index in [-0.39, 0.29) is 35.9 Å². The van der Waals surface area contributed by atoms with Crippen LogP contribution in [-0.2, 0) is 17.9 Å². The summed E-state index contributed by atoms with van der Waals surface area (Å²) in [5.41, 5.74) is 1.09. The van der Waals surface area contributed by atoms with Crippen molar-refractivity contribution in [2.45, 2.75) is 63.7 Å². The fourth-order valence-electron chi connectivity index (χ4n) is 4.96. The van der Waals surface area contributed by atoms with Gasteiger partial charge in [0.1, 0.15) is 11.2 Å². The molecule has 3 heterocycles. The Balaban J connectivity index is 1.53. The normalized spacial score (nSPS) is 21.7. The van der Waals surface area contributed by atoms with Crippen LogP contribution >= 0.6 is 11.3 Å². The van der Waals surface area contributed by atoms with Gasteiger partial charge in [-0.25, -0.2) is 0 Å². The first-order valence-electron chi connectivity index (χ1n) is 11.1. The van der Waals surface area contributed by atoms with Gasteiger partial charge in [0.05, 0.1) is 16.8 Å². The molecule has 2 aliphatic rings. The lowest BCUT2D eigenvalue weighted by Gasteiger charge is -2.45. The van der Waals surface area contributed by atoms with E-state index in [9.17, 15) is 19.8 Å². The van der Waals surface area contributed by atoms with E-state index in [1.165, 1.54) is 18.6 Å². The van der Waals surface area contributed by atoms with Crippen molar-refractivity contribution in [2.24, 2.45) is 0 Å². The largest absolute Gasteiger partial charge is 0.504 e. The van der Waals surface area contributed by atoms with E-state index in [2.05, 4.69) is 5.32 Å². The standard InChI is InChI=1S/C24H27N3O4S/c1-24(23(31)25-16-5-3-2-4-6-16)14-26-17-9-10-32-21(17)12-18(26)22(30)27(24)13-15-7-8-19(28)20(29)11-15/h7-12,16,28-29H,2-6,13-14H2,1H3,(H,25,31). The summed E-state index contributed by atoms with van der Waals surface area (Å²) in [4.78, 5) is 28.9. The Morgan fingerprint density at radius 1 is 1.16 bits per heavy atom. The van der Waals surface area contributed by atoms with Crippen molar-refractivity contribution in [3.63, 3.8) is 0 Å². The molecule has 0 radical (unpaired) electrons. The molecule has 5 rings (SSSR count). The Morgan fingerprint density at radius 2 is 1.94 bits per heavy atom. The summed E-state index contributed by atoms with van der Waals surface area (Å²) < 4.78 is 2.98. The molecule has 1 aliphatic heterocycles. The second-order valence-electron chi connectivity index (χ2n) is 9.08. The maximum atomic E-state index is 13.7. The van der Waals surface area contributed by atoms with Gasteiger partial charge in [0, 0.05) is 12.6 Å². The number of hydrogen-bond acceptors (Lipinski definition) is 5. The number of carbonyl (C=O) groups excluding carboxylic acids is 2. The molecular weight excluding hydrogens is 426 g/mol. The van der Waals surface area contributed by atoms with Crippen molar-refractivity contribution < 1.29 is 19.8 Å². The highest BCUT2D eigenvalue weighted by Crippen LogP contribution is 2.36. The molecule has 1 saturated carbocycles. The first-order valence-corrected chi connectivity index (χ1v) is 12.0. The van der Waals surface area contributed by atoms with Gasteiger partial charge < -0.3 is 25.0 Å². The maximum Gasteiger partial charge on any atom is 0.271 e. The minimum atomic E-state index is -1.09. The predicted octanol–water partition coefficient (Wildman–Crippen LogP) is 3.98. The Labute approximate surface area is 190 Å². The SMILES string of the molecule is CC1(C(=O)NC2CCCCC2)Cn2c(cc3sccc32)C(=O)N1Cc1ccc(O)c(O)c1. The highest BCUT2D eigenvalue weighted by molar-refractivity contribution is 7.17. The van der Waals surface area contributed by atoms with Gasteiger partial charge in [-0.15, -0.1) is 11.3 Å². The molecular formula is C24H27N3O4S. The van der Waals surface area contributed by atoms with Crippen LogP contribution in [0, 0.1) is 0 Å². The number of aromatic hydroxyl groups is 2. The zero-order valence-electron chi connectivity index (χ0n) is 18.0. The predicted molar refractivity (Wildman–Crippen MR) is 123 cm³/mol. The van der Waals surface area contributed by atoms with E-state index in [4.69, 9.17) is 0 Å². The molecule has 2 amide bonds. The minimum Gasteiger partial charge on any atom is -0.504 e. The number of phenolic OH excluding ortho intramolecular Hbond substituents is 2. The van der Waals surface area contributed by atoms with Gasteiger partial charge in [-0.1, -0.05) is 25.3 Å². The van der Waals surface area contributed by atoms with Crippen molar-refractivity contribution >= 4 is 33.4 Å². The molecule has 0 spiro atoms. The van der Waals surface area contributed by atoms with E-state index >= 15 is 0 Å². The Bertz CT molecular complexity index is 1190. The van der Waals surface area contributed by atoms with Crippen molar-refractivity contribution in [3.8, 4) is 11.5 Å². The molecule has 1 aromatic carbocycles. The van der Waals surface area contributed by atoms with Crippen molar-refractivity contribution in [1.82, 2.24) is 14.8 Å². The van der Waals surface area contributed by atoms with Crippen molar-refractivity contribution in [3.05, 3.63) is 47.0 Å². The van der Waals surface area contributed by atoms with Crippen LogP contribution in [0.2, 0.25) is 0 Å². The van der Waals surface area contributed by atoms with Crippen LogP contribution in [0.25, 0.3) is 10.2 Å². The average molecular weight is 454 g/mol. The molecule has 168 valence electrons. The fourth-order valence-corrected chi connectivity index (χ4v) is 5.78. The summed E-state index contributed by atoms with van der Waals surface area (Å²) in [6.07, 6.45) is 5.33. The van der Waals surface area contributed by atoms with Gasteiger partial charge in [-0.2, -0.15) is 0 Å². The Hall–Kier alpha value is -3.00. The zero-order valence-corrected chi connectivity index (χ0v) is 18.8. The number of benzene rings is 1. The topological polar surface area (TPSA) is 94.8 Å². The van der Waals surface area contributed by atoms with E-state index < -0.39 is 5.54 Å². The molecule has 0 saturated heterocycles. The van der Waals surface area contributed by atoms with Crippen LogP contribution in [0.1, 0.15) is 55.1 Å². The maximum absolute atomic E-state index is 13.7. The summed E-state index contributed by atoms with van der Waals surface area (Å²) in [6, 6.07) is 8.51. The van der Waals surface area contributed by atoms with Gasteiger partial charge >= 0.3 is 0 Å². The molecule has 3 aromatic rings. The molecule has 1 atom stereocenters. The molecule has 0 bridgehead atoms. The molecule has 1 fully saturated rings. The lowest BCUT2D eigenvalue weighted by atomic mass is 9.91. The van der Waals surface area contributed by atoms with E-state index in [1.807, 2.05) is 29.0 Å². The number of fused-ring (bicyclic) bond motifs is 3. The number of nitrogens with zero attached hydrogens (tertiary/aromatic N) is 2. The Kier molecular flexibility index (Phi) is 5.12. The van der Waals surface area contributed by atoms with E-state index in [1.54, 1.807) is 22.3 Å². The first-order chi connectivity index (χ1) is 15.4. The number of thiophene rings is 1. The summed E-state index contributed by atoms with van der Waals surface area (Å²) in [6.45, 7) is 2.33. The highest BCUT2D eigenvalue weighted by atomic mass is 32.1. The number of nitrogens with one attached hydrogen (secondary N) is 1. The summed E-state index contributed by atoms with van der Waals surface area (Å²) in [5.74, 6) is -0.827. The lowest BCUT2D eigenvalue weighted by molar-refractivity contribution is -0.134. The van der Waals surface area contributed by atoms with Gasteiger partial charge in [0.2, 0.25) is 5.91 Å². The van der Waals surface area contributed by atoms with E-state index in [0.29, 0.717) is 17.8 Å². The monoisotopic (exact) mass is 453 g/mol. The summed E-state index contributed by atoms with van der Waals surface area (Å²) in [5, 5.41) is 24.8. The second kappa shape index (κ2) is 7.85. The van der Waals surface area contributed by atoms with Crippen LogP contribution in [-0.4, -0.2) is 43.1 Å². The zero-order chi connectivity index (χ0) is 22.5. The molecule has 1 unspecified atom stereocenters. The van der Waals surface area contributed by atoms with Gasteiger partial charge in [-0.3, -0.25) is 9.59 Å². The smallest absolute Gasteiger partial charge is 0.271 e. The lowest BCUT2D eigenvalue weighted by Crippen LogP contribution is -2.64. The molecule has 1 aliphatic carbocycles. The molecule has 8 heteroatoms. The number of phenols is 2. The summed E-state index contributed by atoms with van der Waals surface area (Å²) in [7, 11) is 0. The third kappa shape index (κ3) is 3.43. The number of rotatable bonds is 4. The quantitative estimate of drug-likeness (QED) is 0.521. The Morgan fingerprint density at radius 3 is 2.69 bits per heavy atom. The third-order valence-corrected chi connectivity index (χ3v) is 7.71. The van der Waals surface area contributed by atoms with Gasteiger partial charge in [-0.05, 0) is 55.0 Å². The minimum absolute atomic E-state index is 0.134. The van der Waals surface area contributed by atoms with Crippen LogP contribution in [0.4, 0.5) is 0 Å².